The van der Waals surface area contributed by atoms with Gasteiger partial charge in [-0.15, -0.1) is 0 Å². The van der Waals surface area contributed by atoms with E-state index in [1.54, 1.807) is 4.90 Å². The molecule has 4 heteroatoms. The normalized spacial score (nSPS) is 34.9. The Morgan fingerprint density at radius 2 is 2.27 bits per heavy atom. The second kappa shape index (κ2) is 3.49. The Labute approximate surface area is 90.0 Å². The van der Waals surface area contributed by atoms with Crippen molar-refractivity contribution in [1.82, 2.24) is 4.90 Å². The zero-order valence-electron chi connectivity index (χ0n) is 9.18. The minimum Gasteiger partial charge on any atom is -0.325 e. The number of carbonyl (C=O) groups is 1. The van der Waals surface area contributed by atoms with Crippen LogP contribution < -0.4 is 5.73 Å². The molecule has 0 bridgehead atoms. The molecule has 0 aromatic carbocycles. The van der Waals surface area contributed by atoms with E-state index in [0.29, 0.717) is 11.8 Å². The van der Waals surface area contributed by atoms with Crippen molar-refractivity contribution in [2.75, 3.05) is 6.54 Å². The van der Waals surface area contributed by atoms with Crippen LogP contribution in [0.4, 0.5) is 0 Å². The first-order valence-electron chi connectivity index (χ1n) is 5.52. The fourth-order valence-electron chi connectivity index (χ4n) is 2.33. The molecule has 1 aliphatic carbocycles. The maximum absolute atomic E-state index is 12.0. The molecule has 0 aromatic heterocycles. The highest BCUT2D eigenvalue weighted by atomic mass is 16.2. The third kappa shape index (κ3) is 1.61. The summed E-state index contributed by atoms with van der Waals surface area (Å²) in [5.74, 6) is 1.08. The molecule has 2 rings (SSSR count). The number of carbonyl (C=O) groups excluding carboxylic acids is 1. The minimum absolute atomic E-state index is 0.0521. The van der Waals surface area contributed by atoms with Gasteiger partial charge in [-0.2, -0.15) is 5.26 Å². The van der Waals surface area contributed by atoms with Crippen LogP contribution in [-0.4, -0.2) is 29.4 Å². The molecule has 3 unspecified atom stereocenters. The highest BCUT2D eigenvalue weighted by Gasteiger charge is 2.54. The van der Waals surface area contributed by atoms with E-state index in [0.717, 1.165) is 13.0 Å². The Morgan fingerprint density at radius 1 is 1.60 bits per heavy atom. The largest absolute Gasteiger partial charge is 0.325 e. The fourth-order valence-corrected chi connectivity index (χ4v) is 2.33. The molecular weight excluding hydrogens is 190 g/mol. The summed E-state index contributed by atoms with van der Waals surface area (Å²) in [4.78, 5) is 13.7. The summed E-state index contributed by atoms with van der Waals surface area (Å²) in [6.07, 6.45) is 1.11. The van der Waals surface area contributed by atoms with E-state index < -0.39 is 6.04 Å². The van der Waals surface area contributed by atoms with Crippen LogP contribution in [0.5, 0.6) is 0 Å². The molecule has 1 aliphatic heterocycles. The molecule has 1 heterocycles. The smallest absolute Gasteiger partial charge is 0.240 e. The van der Waals surface area contributed by atoms with Crippen molar-refractivity contribution in [2.45, 2.75) is 32.4 Å². The van der Waals surface area contributed by atoms with E-state index in [9.17, 15) is 4.79 Å². The molecule has 0 aromatic rings. The highest BCUT2D eigenvalue weighted by molar-refractivity contribution is 5.83. The SMILES string of the molecule is CC(C)C(N)C(=O)N1CC2CC2[C@H]1C#N. The average molecular weight is 207 g/mol. The van der Waals surface area contributed by atoms with Gasteiger partial charge in [-0.1, -0.05) is 13.8 Å². The van der Waals surface area contributed by atoms with Crippen molar-refractivity contribution in [2.24, 2.45) is 23.5 Å². The van der Waals surface area contributed by atoms with Crippen LogP contribution in [0.2, 0.25) is 0 Å². The Balaban J connectivity index is 2.05. The van der Waals surface area contributed by atoms with Crippen molar-refractivity contribution in [1.29, 1.82) is 5.26 Å². The van der Waals surface area contributed by atoms with Gasteiger partial charge in [0.25, 0.3) is 0 Å². The first-order chi connectivity index (χ1) is 7.06. The highest BCUT2D eigenvalue weighted by Crippen LogP contribution is 2.49. The molecule has 82 valence electrons. The van der Waals surface area contributed by atoms with Crippen LogP contribution in [0.1, 0.15) is 20.3 Å². The first kappa shape index (κ1) is 10.4. The van der Waals surface area contributed by atoms with Gasteiger partial charge in [0.1, 0.15) is 6.04 Å². The maximum atomic E-state index is 12.0. The molecule has 15 heavy (non-hydrogen) atoms. The van der Waals surface area contributed by atoms with Gasteiger partial charge in [-0.05, 0) is 24.2 Å². The molecule has 4 nitrogen and oxygen atoms in total. The Kier molecular flexibility index (Phi) is 2.43. The Bertz CT molecular complexity index is 320. The summed E-state index contributed by atoms with van der Waals surface area (Å²) in [6.45, 7) is 4.60. The molecule has 1 saturated heterocycles. The van der Waals surface area contributed by atoms with Gasteiger partial charge in [0.05, 0.1) is 12.1 Å². The quantitative estimate of drug-likeness (QED) is 0.709. The van der Waals surface area contributed by atoms with Gasteiger partial charge in [0, 0.05) is 6.54 Å². The number of hydrogen-bond acceptors (Lipinski definition) is 3. The number of rotatable bonds is 2. The number of amides is 1. The summed E-state index contributed by atoms with van der Waals surface area (Å²) in [6, 6.07) is 1.55. The predicted octanol–water partition coefficient (Wildman–Crippen LogP) is 0.340. The molecule has 4 atom stereocenters. The van der Waals surface area contributed by atoms with Gasteiger partial charge >= 0.3 is 0 Å². The van der Waals surface area contributed by atoms with Gasteiger partial charge in [-0.3, -0.25) is 4.79 Å². The zero-order valence-corrected chi connectivity index (χ0v) is 9.18. The van der Waals surface area contributed by atoms with Crippen LogP contribution >= 0.6 is 0 Å². The van der Waals surface area contributed by atoms with Crippen LogP contribution in [-0.2, 0) is 4.79 Å². The monoisotopic (exact) mass is 207 g/mol. The molecule has 0 spiro atoms. The molecule has 1 saturated carbocycles. The van der Waals surface area contributed by atoms with Crippen LogP contribution in [0.15, 0.2) is 0 Å². The summed E-state index contributed by atoms with van der Waals surface area (Å²) < 4.78 is 0. The number of piperidine rings is 1. The van der Waals surface area contributed by atoms with E-state index in [-0.39, 0.29) is 17.9 Å². The lowest BCUT2D eigenvalue weighted by atomic mass is 10.0. The van der Waals surface area contributed by atoms with E-state index in [4.69, 9.17) is 11.0 Å². The lowest BCUT2D eigenvalue weighted by Crippen LogP contribution is -2.49. The molecular formula is C11H17N3O. The minimum atomic E-state index is -0.460. The molecule has 0 radical (unpaired) electrons. The van der Waals surface area contributed by atoms with Gasteiger partial charge < -0.3 is 10.6 Å². The first-order valence-corrected chi connectivity index (χ1v) is 5.52. The van der Waals surface area contributed by atoms with Crippen molar-refractivity contribution >= 4 is 5.91 Å². The number of fused-ring (bicyclic) bond motifs is 1. The molecule has 2 fully saturated rings. The number of hydrogen-bond donors (Lipinski definition) is 1. The van der Waals surface area contributed by atoms with Crippen LogP contribution in [0, 0.1) is 29.1 Å². The fraction of sp³-hybridized carbons (Fsp3) is 0.818. The standard InChI is InChI=1S/C11H17N3O/c1-6(2)10(13)11(15)14-5-7-3-8(7)9(14)4-12/h6-10H,3,5,13H2,1-2H3/t7?,8?,9-,10?/m1/s1. The van der Waals surface area contributed by atoms with Gasteiger partial charge in [0.15, 0.2) is 0 Å². The second-order valence-corrected chi connectivity index (χ2v) is 4.99. The predicted molar refractivity (Wildman–Crippen MR) is 55.5 cm³/mol. The topological polar surface area (TPSA) is 70.1 Å². The average Bonchev–Trinajstić information content (AvgIpc) is 2.88. The Morgan fingerprint density at radius 3 is 2.80 bits per heavy atom. The summed E-state index contributed by atoms with van der Waals surface area (Å²) in [5.41, 5.74) is 5.82. The van der Waals surface area contributed by atoms with E-state index in [2.05, 4.69) is 6.07 Å². The number of nitrogens with zero attached hydrogens (tertiary/aromatic N) is 2. The van der Waals surface area contributed by atoms with Crippen molar-refractivity contribution in [3.05, 3.63) is 0 Å². The van der Waals surface area contributed by atoms with Gasteiger partial charge in [0.2, 0.25) is 5.91 Å². The van der Waals surface area contributed by atoms with E-state index in [1.165, 1.54) is 0 Å². The lowest BCUT2D eigenvalue weighted by Gasteiger charge is -2.27. The van der Waals surface area contributed by atoms with Gasteiger partial charge in [-0.25, -0.2) is 0 Å². The number of nitrogens with two attached hydrogens (primary N) is 1. The van der Waals surface area contributed by atoms with E-state index in [1.807, 2.05) is 13.8 Å². The third-order valence-electron chi connectivity index (χ3n) is 3.57. The van der Waals surface area contributed by atoms with Crippen LogP contribution in [0.25, 0.3) is 0 Å². The number of nitriles is 1. The summed E-state index contributed by atoms with van der Waals surface area (Å²) in [7, 11) is 0. The van der Waals surface area contributed by atoms with E-state index >= 15 is 0 Å². The molecule has 2 aliphatic rings. The van der Waals surface area contributed by atoms with Crippen molar-refractivity contribution in [3.63, 3.8) is 0 Å². The van der Waals surface area contributed by atoms with Crippen molar-refractivity contribution in [3.8, 4) is 6.07 Å². The maximum Gasteiger partial charge on any atom is 0.240 e. The number of likely N-dealkylation sites (tertiary alicyclic amines) is 1. The molecule has 2 N–H and O–H groups in total. The zero-order chi connectivity index (χ0) is 11.2. The third-order valence-corrected chi connectivity index (χ3v) is 3.57. The summed E-state index contributed by atoms with van der Waals surface area (Å²) >= 11 is 0. The molecule has 1 amide bonds. The lowest BCUT2D eigenvalue weighted by molar-refractivity contribution is -0.134. The van der Waals surface area contributed by atoms with Crippen LogP contribution in [0.3, 0.4) is 0 Å². The Hall–Kier alpha value is -1.08. The summed E-state index contributed by atoms with van der Waals surface area (Å²) in [5, 5.41) is 9.02. The van der Waals surface area contributed by atoms with Crippen molar-refractivity contribution < 1.29 is 4.79 Å². The second-order valence-electron chi connectivity index (χ2n) is 4.99.